The number of aryl methyl sites for hydroxylation is 2. The van der Waals surface area contributed by atoms with Crippen LogP contribution in [0.5, 0.6) is 0 Å². The molecule has 0 fully saturated rings. The van der Waals surface area contributed by atoms with Crippen LogP contribution in [0.15, 0.2) is 42.5 Å². The van der Waals surface area contributed by atoms with Crippen molar-refractivity contribution in [1.82, 2.24) is 15.6 Å². The van der Waals surface area contributed by atoms with Crippen molar-refractivity contribution in [3.05, 3.63) is 70.7 Å². The second-order valence-electron chi connectivity index (χ2n) is 6.52. The molecule has 1 heterocycles. The van der Waals surface area contributed by atoms with Crippen molar-refractivity contribution in [2.75, 3.05) is 13.1 Å². The van der Waals surface area contributed by atoms with E-state index in [0.29, 0.717) is 12.1 Å². The molecule has 140 valence electrons. The van der Waals surface area contributed by atoms with E-state index in [0.717, 1.165) is 22.2 Å². The van der Waals surface area contributed by atoms with E-state index in [-0.39, 0.29) is 30.3 Å². The minimum absolute atomic E-state index is 0.113. The number of aromatic amines is 1. The molecule has 0 unspecified atom stereocenters. The first-order valence-corrected chi connectivity index (χ1v) is 8.83. The number of H-pyrrole nitrogens is 1. The topological polar surface area (TPSA) is 74.0 Å². The van der Waals surface area contributed by atoms with E-state index in [4.69, 9.17) is 0 Å². The number of amides is 2. The van der Waals surface area contributed by atoms with Crippen LogP contribution < -0.4 is 10.6 Å². The minimum Gasteiger partial charge on any atom is -0.358 e. The lowest BCUT2D eigenvalue weighted by molar-refractivity contribution is -0.120. The number of benzene rings is 2. The Balaban J connectivity index is 1.49. The Morgan fingerprint density at radius 2 is 1.78 bits per heavy atom. The number of rotatable bonds is 6. The number of nitrogens with one attached hydrogen (secondary N) is 3. The molecule has 1 aromatic heterocycles. The maximum Gasteiger partial charge on any atom is 0.251 e. The Kier molecular flexibility index (Phi) is 5.54. The third kappa shape index (κ3) is 4.34. The summed E-state index contributed by atoms with van der Waals surface area (Å²) in [5.74, 6) is -0.890. The molecule has 0 aliphatic rings. The van der Waals surface area contributed by atoms with Crippen molar-refractivity contribution in [3.63, 3.8) is 0 Å². The van der Waals surface area contributed by atoms with Gasteiger partial charge in [0.2, 0.25) is 5.91 Å². The van der Waals surface area contributed by atoms with Gasteiger partial charge in [0.25, 0.3) is 5.91 Å². The number of halogens is 1. The summed E-state index contributed by atoms with van der Waals surface area (Å²) in [6, 6.07) is 12.2. The van der Waals surface area contributed by atoms with Gasteiger partial charge in [-0.3, -0.25) is 9.59 Å². The van der Waals surface area contributed by atoms with Crippen LogP contribution in [0.1, 0.15) is 27.2 Å². The average Bonchev–Trinajstić information content (AvgIpc) is 2.96. The Morgan fingerprint density at radius 3 is 2.56 bits per heavy atom. The molecule has 2 amide bonds. The molecule has 2 aromatic carbocycles. The first kappa shape index (κ1) is 18.6. The molecule has 6 heteroatoms. The number of fused-ring (bicyclic) bond motifs is 1. The molecule has 3 N–H and O–H groups in total. The van der Waals surface area contributed by atoms with Crippen molar-refractivity contribution >= 4 is 22.7 Å². The molecule has 5 nitrogen and oxygen atoms in total. The van der Waals surface area contributed by atoms with Crippen LogP contribution in [0.25, 0.3) is 10.9 Å². The van der Waals surface area contributed by atoms with Gasteiger partial charge in [-0.05, 0) is 43.2 Å². The summed E-state index contributed by atoms with van der Waals surface area (Å²) in [5, 5.41) is 6.51. The molecular formula is C21H22FN3O2. The summed E-state index contributed by atoms with van der Waals surface area (Å²) in [7, 11) is 0. The van der Waals surface area contributed by atoms with E-state index in [1.54, 1.807) is 19.1 Å². The summed E-state index contributed by atoms with van der Waals surface area (Å²) in [5.41, 5.74) is 3.71. The maximum atomic E-state index is 13.5. The zero-order valence-electron chi connectivity index (χ0n) is 15.4. The van der Waals surface area contributed by atoms with Gasteiger partial charge in [-0.15, -0.1) is 0 Å². The lowest BCUT2D eigenvalue weighted by Gasteiger charge is -2.08. The van der Waals surface area contributed by atoms with Crippen LogP contribution in [-0.2, 0) is 11.2 Å². The predicted molar refractivity (Wildman–Crippen MR) is 103 cm³/mol. The van der Waals surface area contributed by atoms with Crippen molar-refractivity contribution in [2.45, 2.75) is 20.3 Å². The van der Waals surface area contributed by atoms with Crippen molar-refractivity contribution < 1.29 is 14.0 Å². The first-order chi connectivity index (χ1) is 13.0. The normalized spacial score (nSPS) is 10.8. The molecule has 0 atom stereocenters. The molecule has 0 aliphatic heterocycles. The number of para-hydroxylation sites is 1. The molecule has 3 aromatic rings. The molecule has 27 heavy (non-hydrogen) atoms. The molecule has 0 spiro atoms. The van der Waals surface area contributed by atoms with Crippen molar-refractivity contribution in [2.24, 2.45) is 0 Å². The minimum atomic E-state index is -0.412. The fourth-order valence-corrected chi connectivity index (χ4v) is 3.00. The van der Waals surface area contributed by atoms with E-state index in [2.05, 4.69) is 15.6 Å². The van der Waals surface area contributed by atoms with Crippen molar-refractivity contribution in [1.29, 1.82) is 0 Å². The Labute approximate surface area is 157 Å². The molecule has 0 saturated heterocycles. The van der Waals surface area contributed by atoms with Gasteiger partial charge in [0, 0.05) is 35.2 Å². The van der Waals surface area contributed by atoms with Crippen LogP contribution in [0.2, 0.25) is 0 Å². The van der Waals surface area contributed by atoms with Crippen LogP contribution in [0.4, 0.5) is 4.39 Å². The number of hydrogen-bond donors (Lipinski definition) is 3. The van der Waals surface area contributed by atoms with Gasteiger partial charge in [0.1, 0.15) is 5.82 Å². The fraction of sp³-hybridized carbons (Fsp3) is 0.238. The molecule has 0 aliphatic carbocycles. The number of aromatic nitrogens is 1. The summed E-state index contributed by atoms with van der Waals surface area (Å²) in [6.45, 7) is 4.17. The van der Waals surface area contributed by atoms with E-state index in [1.165, 1.54) is 6.07 Å². The highest BCUT2D eigenvalue weighted by atomic mass is 19.1. The smallest absolute Gasteiger partial charge is 0.251 e. The van der Waals surface area contributed by atoms with Gasteiger partial charge in [0.05, 0.1) is 6.42 Å². The Bertz CT molecular complexity index is 994. The van der Waals surface area contributed by atoms with E-state index >= 15 is 0 Å². The first-order valence-electron chi connectivity index (χ1n) is 8.83. The Morgan fingerprint density at radius 1 is 1.04 bits per heavy atom. The van der Waals surface area contributed by atoms with Gasteiger partial charge < -0.3 is 15.6 Å². The zero-order chi connectivity index (χ0) is 19.4. The molecule has 3 rings (SSSR count). The number of hydrogen-bond acceptors (Lipinski definition) is 2. The highest BCUT2D eigenvalue weighted by molar-refractivity contribution is 5.94. The van der Waals surface area contributed by atoms with Crippen molar-refractivity contribution in [3.8, 4) is 0 Å². The van der Waals surface area contributed by atoms with Gasteiger partial charge >= 0.3 is 0 Å². The van der Waals surface area contributed by atoms with Crippen LogP contribution >= 0.6 is 0 Å². The zero-order valence-corrected chi connectivity index (χ0v) is 15.4. The quantitative estimate of drug-likeness (QED) is 0.586. The van der Waals surface area contributed by atoms with Gasteiger partial charge in [-0.1, -0.05) is 24.3 Å². The summed E-state index contributed by atoms with van der Waals surface area (Å²) in [6.07, 6.45) is 0.271. The summed E-state index contributed by atoms with van der Waals surface area (Å²) >= 11 is 0. The Hall–Kier alpha value is -3.15. The highest BCUT2D eigenvalue weighted by Gasteiger charge is 2.12. The van der Waals surface area contributed by atoms with Crippen LogP contribution in [0.3, 0.4) is 0 Å². The number of carbonyl (C=O) groups is 2. The van der Waals surface area contributed by atoms with Gasteiger partial charge in [0.15, 0.2) is 0 Å². The van der Waals surface area contributed by atoms with Crippen LogP contribution in [-0.4, -0.2) is 29.9 Å². The molecule has 0 bridgehead atoms. The van der Waals surface area contributed by atoms with Gasteiger partial charge in [-0.25, -0.2) is 4.39 Å². The van der Waals surface area contributed by atoms with Crippen LogP contribution in [0, 0.1) is 19.7 Å². The largest absolute Gasteiger partial charge is 0.358 e. The molecule has 0 radical (unpaired) electrons. The third-order valence-corrected chi connectivity index (χ3v) is 4.53. The van der Waals surface area contributed by atoms with Gasteiger partial charge in [-0.2, -0.15) is 0 Å². The fourth-order valence-electron chi connectivity index (χ4n) is 3.00. The second kappa shape index (κ2) is 8.03. The number of carbonyl (C=O) groups excluding carboxylic acids is 2. The van der Waals surface area contributed by atoms with E-state index < -0.39 is 5.82 Å². The second-order valence-corrected chi connectivity index (χ2v) is 6.52. The third-order valence-electron chi connectivity index (χ3n) is 4.53. The lowest BCUT2D eigenvalue weighted by atomic mass is 10.1. The SMILES string of the molecule is Cc1ccc(C(=O)NCCNC(=O)Cc2c(C)[nH]c3ccccc23)cc1F. The lowest BCUT2D eigenvalue weighted by Crippen LogP contribution is -2.35. The monoisotopic (exact) mass is 367 g/mol. The standard InChI is InChI=1S/C21H22FN3O2/c1-13-7-8-15(11-18(13)22)21(27)24-10-9-23-20(26)12-17-14(2)25-19-6-4-3-5-16(17)19/h3-8,11,25H,9-10,12H2,1-2H3,(H,23,26)(H,24,27). The summed E-state index contributed by atoms with van der Waals surface area (Å²) < 4.78 is 13.5. The maximum absolute atomic E-state index is 13.5. The average molecular weight is 367 g/mol. The van der Waals surface area contributed by atoms with E-state index in [1.807, 2.05) is 31.2 Å². The predicted octanol–water partition coefficient (Wildman–Crippen LogP) is 3.01. The highest BCUT2D eigenvalue weighted by Crippen LogP contribution is 2.22. The van der Waals surface area contributed by atoms with E-state index in [9.17, 15) is 14.0 Å². The summed E-state index contributed by atoms with van der Waals surface area (Å²) in [4.78, 5) is 27.5. The molecular weight excluding hydrogens is 345 g/mol. The molecule has 0 saturated carbocycles.